The quantitative estimate of drug-likeness (QED) is 0.655. The van der Waals surface area contributed by atoms with Crippen molar-refractivity contribution < 1.29 is 4.39 Å². The smallest absolute Gasteiger partial charge is 0.123 e. The molecule has 1 heterocycles. The molecule has 0 radical (unpaired) electrons. The van der Waals surface area contributed by atoms with Crippen LogP contribution in [0.4, 0.5) is 4.39 Å². The molecule has 2 rings (SSSR count). The number of nitrogens with one attached hydrogen (secondary N) is 1. The predicted molar refractivity (Wildman–Crippen MR) is 75.7 cm³/mol. The lowest BCUT2D eigenvalue weighted by Crippen LogP contribution is -2.28. The maximum absolute atomic E-state index is 13.3. The number of hydrazine groups is 1. The van der Waals surface area contributed by atoms with E-state index in [9.17, 15) is 4.39 Å². The van der Waals surface area contributed by atoms with E-state index >= 15 is 0 Å². The Hall–Kier alpha value is -1.24. The van der Waals surface area contributed by atoms with Crippen LogP contribution in [0.15, 0.2) is 35.1 Å². The van der Waals surface area contributed by atoms with Gasteiger partial charge in [0.1, 0.15) is 5.82 Å². The van der Waals surface area contributed by atoms with Crippen molar-refractivity contribution in [2.24, 2.45) is 12.9 Å². The fourth-order valence-electron chi connectivity index (χ4n) is 2.02. The third-order valence-corrected chi connectivity index (χ3v) is 3.74. The van der Waals surface area contributed by atoms with Crippen molar-refractivity contribution in [3.63, 3.8) is 0 Å². The zero-order chi connectivity index (χ0) is 13.8. The van der Waals surface area contributed by atoms with Crippen molar-refractivity contribution in [1.82, 2.24) is 15.2 Å². The van der Waals surface area contributed by atoms with E-state index in [-0.39, 0.29) is 11.9 Å². The van der Waals surface area contributed by atoms with Crippen molar-refractivity contribution in [2.75, 3.05) is 0 Å². The first kappa shape index (κ1) is 14.2. The third kappa shape index (κ3) is 3.62. The molecule has 0 fully saturated rings. The van der Waals surface area contributed by atoms with Gasteiger partial charge >= 0.3 is 0 Å². The Morgan fingerprint density at radius 2 is 2.32 bits per heavy atom. The van der Waals surface area contributed by atoms with Crippen molar-refractivity contribution in [1.29, 1.82) is 0 Å². The second-order valence-corrected chi connectivity index (χ2v) is 5.30. The van der Waals surface area contributed by atoms with Crippen LogP contribution >= 0.6 is 15.9 Å². The number of nitrogens with zero attached hydrogens (tertiary/aromatic N) is 2. The highest BCUT2D eigenvalue weighted by Crippen LogP contribution is 2.27. The van der Waals surface area contributed by atoms with Gasteiger partial charge in [0.15, 0.2) is 0 Å². The molecule has 0 aliphatic rings. The van der Waals surface area contributed by atoms with Gasteiger partial charge in [-0.1, -0.05) is 15.9 Å². The lowest BCUT2D eigenvalue weighted by atomic mass is 10.0. The summed E-state index contributed by atoms with van der Waals surface area (Å²) in [5.74, 6) is 5.31. The van der Waals surface area contributed by atoms with Crippen molar-refractivity contribution in [2.45, 2.75) is 18.9 Å². The monoisotopic (exact) mass is 326 g/mol. The highest BCUT2D eigenvalue weighted by molar-refractivity contribution is 9.10. The minimum absolute atomic E-state index is 0.106. The maximum atomic E-state index is 13.3. The first-order chi connectivity index (χ1) is 9.10. The number of aryl methyl sites for hydroxylation is 2. The molecule has 19 heavy (non-hydrogen) atoms. The SMILES string of the molecule is Cn1cc(CCC(NN)c2cc(F)ccc2Br)cn1. The van der Waals surface area contributed by atoms with Gasteiger partial charge in [-0.25, -0.2) is 4.39 Å². The summed E-state index contributed by atoms with van der Waals surface area (Å²) in [4.78, 5) is 0. The molecule has 0 aliphatic heterocycles. The second-order valence-electron chi connectivity index (χ2n) is 4.45. The average molecular weight is 327 g/mol. The summed E-state index contributed by atoms with van der Waals surface area (Å²) in [6.45, 7) is 0. The van der Waals surface area contributed by atoms with Crippen molar-refractivity contribution in [3.05, 3.63) is 52.0 Å². The normalized spacial score (nSPS) is 12.6. The summed E-state index contributed by atoms with van der Waals surface area (Å²) < 4.78 is 15.9. The molecule has 0 aliphatic carbocycles. The molecule has 1 unspecified atom stereocenters. The van der Waals surface area contributed by atoms with E-state index in [2.05, 4.69) is 26.5 Å². The van der Waals surface area contributed by atoms with Gasteiger partial charge in [-0.15, -0.1) is 0 Å². The standard InChI is InChI=1S/C13H16BrFN4/c1-19-8-9(7-17-19)2-5-13(18-16)11-6-10(15)3-4-12(11)14/h3-4,6-8,13,18H,2,5,16H2,1H3. The third-order valence-electron chi connectivity index (χ3n) is 3.01. The van der Waals surface area contributed by atoms with Gasteiger partial charge in [0, 0.05) is 23.8 Å². The number of benzene rings is 1. The van der Waals surface area contributed by atoms with Gasteiger partial charge < -0.3 is 0 Å². The van der Waals surface area contributed by atoms with Gasteiger partial charge in [0.25, 0.3) is 0 Å². The lowest BCUT2D eigenvalue weighted by Gasteiger charge is -2.17. The Bertz CT molecular complexity index is 555. The highest BCUT2D eigenvalue weighted by Gasteiger charge is 2.14. The van der Waals surface area contributed by atoms with E-state index in [0.717, 1.165) is 28.4 Å². The Morgan fingerprint density at radius 3 is 2.95 bits per heavy atom. The first-order valence-electron chi connectivity index (χ1n) is 5.98. The molecule has 4 nitrogen and oxygen atoms in total. The molecule has 6 heteroatoms. The number of halogens is 2. The molecule has 1 aromatic carbocycles. The summed E-state index contributed by atoms with van der Waals surface area (Å²) in [6.07, 6.45) is 5.39. The van der Waals surface area contributed by atoms with Crippen LogP contribution in [0.2, 0.25) is 0 Å². The van der Waals surface area contributed by atoms with Gasteiger partial charge in [0.05, 0.1) is 6.20 Å². The Labute approximate surface area is 119 Å². The van der Waals surface area contributed by atoms with Crippen LogP contribution in [0.1, 0.15) is 23.6 Å². The largest absolute Gasteiger partial charge is 0.276 e. The van der Waals surface area contributed by atoms with Crippen LogP contribution in [-0.4, -0.2) is 9.78 Å². The van der Waals surface area contributed by atoms with Crippen LogP contribution in [0.5, 0.6) is 0 Å². The number of aromatic nitrogens is 2. The number of hydrogen-bond donors (Lipinski definition) is 2. The molecule has 102 valence electrons. The van der Waals surface area contributed by atoms with E-state index in [1.54, 1.807) is 10.7 Å². The fourth-order valence-corrected chi connectivity index (χ4v) is 2.55. The molecule has 0 bridgehead atoms. The lowest BCUT2D eigenvalue weighted by molar-refractivity contribution is 0.510. The van der Waals surface area contributed by atoms with Crippen LogP contribution in [0.25, 0.3) is 0 Å². The van der Waals surface area contributed by atoms with E-state index < -0.39 is 0 Å². The summed E-state index contributed by atoms with van der Waals surface area (Å²) in [6, 6.07) is 4.50. The molecule has 0 saturated carbocycles. The van der Waals surface area contributed by atoms with Gasteiger partial charge in [-0.3, -0.25) is 16.0 Å². The predicted octanol–water partition coefficient (Wildman–Crippen LogP) is 2.46. The number of rotatable bonds is 5. The average Bonchev–Trinajstić information content (AvgIpc) is 2.80. The summed E-state index contributed by atoms with van der Waals surface area (Å²) in [5.41, 5.74) is 4.70. The van der Waals surface area contributed by atoms with E-state index in [1.807, 2.05) is 19.4 Å². The van der Waals surface area contributed by atoms with E-state index in [0.29, 0.717) is 0 Å². The zero-order valence-corrected chi connectivity index (χ0v) is 12.2. The Balaban J connectivity index is 2.09. The zero-order valence-electron chi connectivity index (χ0n) is 10.6. The Morgan fingerprint density at radius 1 is 1.53 bits per heavy atom. The van der Waals surface area contributed by atoms with Gasteiger partial charge in [-0.2, -0.15) is 5.10 Å². The van der Waals surface area contributed by atoms with E-state index in [1.165, 1.54) is 12.1 Å². The highest BCUT2D eigenvalue weighted by atomic mass is 79.9. The first-order valence-corrected chi connectivity index (χ1v) is 6.78. The topological polar surface area (TPSA) is 55.9 Å². The molecule has 0 saturated heterocycles. The minimum Gasteiger partial charge on any atom is -0.276 e. The molecule has 0 amide bonds. The number of nitrogens with two attached hydrogens (primary N) is 1. The van der Waals surface area contributed by atoms with Crippen LogP contribution in [0, 0.1) is 5.82 Å². The van der Waals surface area contributed by atoms with Crippen LogP contribution in [-0.2, 0) is 13.5 Å². The summed E-state index contributed by atoms with van der Waals surface area (Å²) >= 11 is 3.42. The molecule has 1 aromatic heterocycles. The van der Waals surface area contributed by atoms with Gasteiger partial charge in [0.2, 0.25) is 0 Å². The molecule has 0 spiro atoms. The molecule has 2 aromatic rings. The minimum atomic E-state index is -0.264. The summed E-state index contributed by atoms with van der Waals surface area (Å²) in [7, 11) is 1.88. The second kappa shape index (κ2) is 6.27. The van der Waals surface area contributed by atoms with Crippen LogP contribution < -0.4 is 11.3 Å². The van der Waals surface area contributed by atoms with Gasteiger partial charge in [-0.05, 0) is 42.2 Å². The summed E-state index contributed by atoms with van der Waals surface area (Å²) in [5, 5.41) is 4.12. The van der Waals surface area contributed by atoms with E-state index in [4.69, 9.17) is 5.84 Å². The fraction of sp³-hybridized carbons (Fsp3) is 0.308. The molecule has 1 atom stereocenters. The molecular formula is C13H16BrFN4. The van der Waals surface area contributed by atoms with Crippen molar-refractivity contribution >= 4 is 15.9 Å². The number of hydrogen-bond acceptors (Lipinski definition) is 3. The van der Waals surface area contributed by atoms with Crippen molar-refractivity contribution in [3.8, 4) is 0 Å². The molecular weight excluding hydrogens is 311 g/mol. The molecule has 3 N–H and O–H groups in total. The van der Waals surface area contributed by atoms with Crippen LogP contribution in [0.3, 0.4) is 0 Å². The maximum Gasteiger partial charge on any atom is 0.123 e. The Kier molecular flexibility index (Phi) is 4.68.